The van der Waals surface area contributed by atoms with Crippen molar-refractivity contribution in [1.29, 1.82) is 0 Å². The Hall–Kier alpha value is -3.33. The van der Waals surface area contributed by atoms with Crippen LogP contribution in [-0.2, 0) is 11.3 Å². The highest BCUT2D eigenvalue weighted by Gasteiger charge is 2.23. The Balaban J connectivity index is 1.50. The Kier molecular flexibility index (Phi) is 12.3. The van der Waals surface area contributed by atoms with Crippen LogP contribution in [0.15, 0.2) is 42.5 Å². The summed E-state index contributed by atoms with van der Waals surface area (Å²) < 4.78 is 24.0. The summed E-state index contributed by atoms with van der Waals surface area (Å²) in [4.78, 5) is 31.9. The maximum Gasteiger partial charge on any atom is 0.322 e. The molecule has 1 fully saturated rings. The normalized spacial score (nSPS) is 13.7. The van der Waals surface area contributed by atoms with Crippen LogP contribution < -0.4 is 14.8 Å². The number of anilines is 1. The van der Waals surface area contributed by atoms with E-state index in [1.807, 2.05) is 4.90 Å². The molecular weight excluding hydrogens is 499 g/mol. The topological polar surface area (TPSA) is 74.4 Å². The van der Waals surface area contributed by atoms with Gasteiger partial charge >= 0.3 is 6.03 Å². The van der Waals surface area contributed by atoms with Crippen LogP contribution in [0.5, 0.6) is 11.5 Å². The highest BCUT2D eigenvalue weighted by atomic mass is 19.1. The molecule has 0 bridgehead atoms. The van der Waals surface area contributed by atoms with E-state index in [0.717, 1.165) is 44.5 Å². The summed E-state index contributed by atoms with van der Waals surface area (Å²) in [7, 11) is 3.14. The summed E-state index contributed by atoms with van der Waals surface area (Å²) in [6.07, 6.45) is 6.03. The summed E-state index contributed by atoms with van der Waals surface area (Å²) >= 11 is 0. The molecule has 8 nitrogen and oxygen atoms in total. The number of ether oxygens (including phenoxy) is 2. The maximum absolute atomic E-state index is 13.4. The SMILES string of the molecule is CCCCCCCC(=O)N(CCN1CCN(C(=O)Nc2ccc(OC)cc2OC)CC1)Cc1ccc(F)cc1. The van der Waals surface area contributed by atoms with Crippen LogP contribution in [-0.4, -0.2) is 80.1 Å². The van der Waals surface area contributed by atoms with Gasteiger partial charge in [0.25, 0.3) is 0 Å². The number of methoxy groups -OCH3 is 2. The zero-order valence-corrected chi connectivity index (χ0v) is 23.6. The number of nitrogens with zero attached hydrogens (tertiary/aromatic N) is 3. The van der Waals surface area contributed by atoms with Crippen molar-refractivity contribution in [2.24, 2.45) is 0 Å². The van der Waals surface area contributed by atoms with Gasteiger partial charge in [-0.3, -0.25) is 9.69 Å². The number of hydrogen-bond donors (Lipinski definition) is 1. The second-order valence-corrected chi connectivity index (χ2v) is 9.93. The Labute approximate surface area is 232 Å². The van der Waals surface area contributed by atoms with Crippen molar-refractivity contribution in [2.45, 2.75) is 52.0 Å². The van der Waals surface area contributed by atoms with E-state index < -0.39 is 0 Å². The van der Waals surface area contributed by atoms with E-state index in [-0.39, 0.29) is 17.8 Å². The van der Waals surface area contributed by atoms with Gasteiger partial charge in [-0.15, -0.1) is 0 Å². The molecule has 0 saturated carbocycles. The number of nitrogens with one attached hydrogen (secondary N) is 1. The molecule has 0 spiro atoms. The molecule has 0 atom stereocenters. The van der Waals surface area contributed by atoms with E-state index in [9.17, 15) is 14.0 Å². The molecule has 1 aliphatic heterocycles. The van der Waals surface area contributed by atoms with Crippen LogP contribution in [0.25, 0.3) is 0 Å². The third-order valence-corrected chi connectivity index (χ3v) is 7.13. The lowest BCUT2D eigenvalue weighted by Crippen LogP contribution is -2.51. The van der Waals surface area contributed by atoms with Gasteiger partial charge in [0.2, 0.25) is 5.91 Å². The lowest BCUT2D eigenvalue weighted by atomic mass is 10.1. The number of benzene rings is 2. The first-order valence-corrected chi connectivity index (χ1v) is 14.0. The predicted octanol–water partition coefficient (Wildman–Crippen LogP) is 5.38. The van der Waals surface area contributed by atoms with Crippen molar-refractivity contribution in [1.82, 2.24) is 14.7 Å². The fraction of sp³-hybridized carbons (Fsp3) is 0.533. The lowest BCUT2D eigenvalue weighted by molar-refractivity contribution is -0.132. The molecule has 214 valence electrons. The van der Waals surface area contributed by atoms with Crippen molar-refractivity contribution in [3.05, 3.63) is 53.8 Å². The lowest BCUT2D eigenvalue weighted by Gasteiger charge is -2.36. The first kappa shape index (κ1) is 30.2. The van der Waals surface area contributed by atoms with Gasteiger partial charge in [-0.05, 0) is 36.2 Å². The summed E-state index contributed by atoms with van der Waals surface area (Å²) in [5, 5.41) is 2.93. The highest BCUT2D eigenvalue weighted by molar-refractivity contribution is 5.91. The fourth-order valence-electron chi connectivity index (χ4n) is 4.67. The van der Waals surface area contributed by atoms with Gasteiger partial charge in [0.1, 0.15) is 17.3 Å². The average molecular weight is 543 g/mol. The molecule has 1 heterocycles. The molecule has 1 N–H and O–H groups in total. The van der Waals surface area contributed by atoms with Gasteiger partial charge in [0.15, 0.2) is 0 Å². The van der Waals surface area contributed by atoms with Crippen molar-refractivity contribution in [3.63, 3.8) is 0 Å². The standard InChI is InChI=1S/C30H43FN4O4/c1-4-5-6-7-8-9-29(36)35(23-24-10-12-25(31)13-11-24)21-18-33-16-19-34(20-17-33)30(37)32-27-15-14-26(38-2)22-28(27)39-3/h10-15,22H,4-9,16-21,23H2,1-3H3,(H,32,37). The highest BCUT2D eigenvalue weighted by Crippen LogP contribution is 2.29. The number of piperazine rings is 1. The van der Waals surface area contributed by atoms with Gasteiger partial charge in [0, 0.05) is 58.3 Å². The zero-order valence-electron chi connectivity index (χ0n) is 23.6. The molecule has 0 unspecified atom stereocenters. The molecule has 0 aromatic heterocycles. The molecule has 0 aliphatic carbocycles. The Morgan fingerprint density at radius 1 is 0.949 bits per heavy atom. The van der Waals surface area contributed by atoms with Gasteiger partial charge < -0.3 is 24.6 Å². The first-order valence-electron chi connectivity index (χ1n) is 14.0. The molecule has 2 aromatic carbocycles. The Morgan fingerprint density at radius 3 is 2.33 bits per heavy atom. The second kappa shape index (κ2) is 15.9. The van der Waals surface area contributed by atoms with Crippen molar-refractivity contribution in [3.8, 4) is 11.5 Å². The van der Waals surface area contributed by atoms with Gasteiger partial charge in [0.05, 0.1) is 19.9 Å². The monoisotopic (exact) mass is 542 g/mol. The summed E-state index contributed by atoms with van der Waals surface area (Å²) in [6, 6.07) is 11.5. The smallest absolute Gasteiger partial charge is 0.322 e. The van der Waals surface area contributed by atoms with E-state index in [1.54, 1.807) is 49.5 Å². The molecule has 3 rings (SSSR count). The minimum Gasteiger partial charge on any atom is -0.497 e. The van der Waals surface area contributed by atoms with E-state index in [0.29, 0.717) is 49.8 Å². The molecule has 0 radical (unpaired) electrons. The largest absolute Gasteiger partial charge is 0.497 e. The summed E-state index contributed by atoms with van der Waals surface area (Å²) in [5.74, 6) is 1.06. The number of amides is 3. The van der Waals surface area contributed by atoms with E-state index in [2.05, 4.69) is 17.1 Å². The average Bonchev–Trinajstić information content (AvgIpc) is 2.96. The van der Waals surface area contributed by atoms with E-state index in [4.69, 9.17) is 9.47 Å². The minimum atomic E-state index is -0.278. The molecule has 39 heavy (non-hydrogen) atoms. The van der Waals surface area contributed by atoms with E-state index >= 15 is 0 Å². The summed E-state index contributed by atoms with van der Waals surface area (Å²) in [6.45, 7) is 6.61. The number of carbonyl (C=O) groups excluding carboxylic acids is 2. The van der Waals surface area contributed by atoms with Gasteiger partial charge in [-0.1, -0.05) is 44.7 Å². The molecule has 1 saturated heterocycles. The van der Waals surface area contributed by atoms with Crippen LogP contribution in [0, 0.1) is 5.82 Å². The predicted molar refractivity (Wildman–Crippen MR) is 152 cm³/mol. The third kappa shape index (κ3) is 9.73. The van der Waals surface area contributed by atoms with Crippen LogP contribution in [0.4, 0.5) is 14.9 Å². The maximum atomic E-state index is 13.4. The number of unbranched alkanes of at least 4 members (excludes halogenated alkanes) is 4. The third-order valence-electron chi connectivity index (χ3n) is 7.13. The van der Waals surface area contributed by atoms with Crippen LogP contribution in [0.3, 0.4) is 0 Å². The molecule has 9 heteroatoms. The molecular formula is C30H43FN4O4. The summed E-state index contributed by atoms with van der Waals surface area (Å²) in [5.41, 5.74) is 1.52. The number of halogens is 1. The fourth-order valence-corrected chi connectivity index (χ4v) is 4.67. The number of rotatable bonds is 14. The zero-order chi connectivity index (χ0) is 28.0. The Bertz CT molecular complexity index is 1040. The van der Waals surface area contributed by atoms with E-state index in [1.165, 1.54) is 25.0 Å². The first-order chi connectivity index (χ1) is 18.9. The van der Waals surface area contributed by atoms with Gasteiger partial charge in [-0.25, -0.2) is 9.18 Å². The second-order valence-electron chi connectivity index (χ2n) is 9.93. The molecule has 2 aromatic rings. The minimum absolute atomic E-state index is 0.141. The van der Waals surface area contributed by atoms with Crippen LogP contribution in [0.2, 0.25) is 0 Å². The van der Waals surface area contributed by atoms with Crippen molar-refractivity contribution < 1.29 is 23.5 Å². The van der Waals surface area contributed by atoms with Crippen LogP contribution >= 0.6 is 0 Å². The number of hydrogen-bond acceptors (Lipinski definition) is 5. The number of urea groups is 1. The molecule has 3 amide bonds. The van der Waals surface area contributed by atoms with Gasteiger partial charge in [-0.2, -0.15) is 0 Å². The quantitative estimate of drug-likeness (QED) is 0.325. The van der Waals surface area contributed by atoms with Crippen molar-refractivity contribution >= 4 is 17.6 Å². The van der Waals surface area contributed by atoms with Crippen molar-refractivity contribution in [2.75, 3.05) is 58.8 Å². The molecule has 1 aliphatic rings. The van der Waals surface area contributed by atoms with Crippen LogP contribution in [0.1, 0.15) is 51.0 Å². The Morgan fingerprint density at radius 2 is 1.67 bits per heavy atom. The number of carbonyl (C=O) groups is 2.